The van der Waals surface area contributed by atoms with Crippen molar-refractivity contribution in [3.05, 3.63) is 71.3 Å². The van der Waals surface area contributed by atoms with Crippen LogP contribution in [0.4, 0.5) is 0 Å². The monoisotopic (exact) mass is 478 g/mol. The van der Waals surface area contributed by atoms with E-state index in [1.54, 1.807) is 12.1 Å². The summed E-state index contributed by atoms with van der Waals surface area (Å²) in [6.07, 6.45) is 3.82. The van der Waals surface area contributed by atoms with Gasteiger partial charge in [0.25, 0.3) is 5.91 Å². The van der Waals surface area contributed by atoms with Crippen LogP contribution >= 0.6 is 24.0 Å². The fourth-order valence-electron chi connectivity index (χ4n) is 3.78. The van der Waals surface area contributed by atoms with Gasteiger partial charge in [-0.15, -0.1) is 0 Å². The van der Waals surface area contributed by atoms with Gasteiger partial charge in [-0.1, -0.05) is 42.2 Å². The van der Waals surface area contributed by atoms with Gasteiger partial charge in [0.1, 0.15) is 5.75 Å². The zero-order valence-corrected chi connectivity index (χ0v) is 19.6. The quantitative estimate of drug-likeness (QED) is 0.406. The van der Waals surface area contributed by atoms with Gasteiger partial charge in [-0.25, -0.2) is 14.7 Å². The lowest BCUT2D eigenvalue weighted by atomic mass is 10.1. The number of rotatable bonds is 5. The molecule has 1 aromatic heterocycles. The van der Waals surface area contributed by atoms with E-state index in [1.165, 1.54) is 11.8 Å². The summed E-state index contributed by atoms with van der Waals surface area (Å²) < 4.78 is 13.1. The molecule has 7 nitrogen and oxygen atoms in total. The predicted octanol–water partition coefficient (Wildman–Crippen LogP) is 4.00. The molecule has 3 aromatic rings. The number of ether oxygens (including phenoxy) is 2. The summed E-state index contributed by atoms with van der Waals surface area (Å²) in [5, 5.41) is 8.40. The van der Waals surface area contributed by atoms with Crippen LogP contribution in [0.15, 0.2) is 65.7 Å². The maximum atomic E-state index is 13.3. The molecule has 2 saturated heterocycles. The lowest BCUT2D eigenvalue weighted by Crippen LogP contribution is -2.50. The first kappa shape index (κ1) is 21.8. The number of benzene rings is 2. The van der Waals surface area contributed by atoms with Gasteiger partial charge < -0.3 is 9.47 Å². The van der Waals surface area contributed by atoms with Crippen LogP contribution in [0, 0.1) is 0 Å². The SMILES string of the molecule is COc1ccc(-c2nn(-c3ccccc3)cc2/C=C2/SC(=S)N(N3CCOCC3)C2=O)cc1. The Morgan fingerprint density at radius 2 is 1.82 bits per heavy atom. The molecule has 0 bridgehead atoms. The van der Waals surface area contributed by atoms with Crippen LogP contribution in [-0.4, -0.2) is 63.4 Å². The number of hydrazine groups is 1. The summed E-state index contributed by atoms with van der Waals surface area (Å²) in [7, 11) is 1.64. The molecule has 2 aliphatic rings. The highest BCUT2D eigenvalue weighted by atomic mass is 32.2. The molecule has 0 saturated carbocycles. The molecule has 2 fully saturated rings. The Kier molecular flexibility index (Phi) is 6.28. The Morgan fingerprint density at radius 3 is 2.52 bits per heavy atom. The van der Waals surface area contributed by atoms with Gasteiger partial charge in [0.2, 0.25) is 0 Å². The van der Waals surface area contributed by atoms with Crippen LogP contribution in [0.2, 0.25) is 0 Å². The fourth-order valence-corrected chi connectivity index (χ4v) is 5.08. The van der Waals surface area contributed by atoms with Crippen molar-refractivity contribution in [1.82, 2.24) is 19.8 Å². The Bertz CT molecular complexity index is 1200. The number of thioether (sulfide) groups is 1. The van der Waals surface area contributed by atoms with E-state index >= 15 is 0 Å². The normalized spacial score (nSPS) is 18.3. The van der Waals surface area contributed by atoms with Crippen molar-refractivity contribution < 1.29 is 14.3 Å². The number of carbonyl (C=O) groups is 1. The van der Waals surface area contributed by atoms with Crippen LogP contribution in [-0.2, 0) is 9.53 Å². The summed E-state index contributed by atoms with van der Waals surface area (Å²) in [6.45, 7) is 2.45. The third-order valence-corrected chi connectivity index (χ3v) is 6.74. The molecule has 0 unspecified atom stereocenters. The third-order valence-electron chi connectivity index (χ3n) is 5.46. The van der Waals surface area contributed by atoms with E-state index in [0.717, 1.165) is 28.3 Å². The van der Waals surface area contributed by atoms with Crippen molar-refractivity contribution in [2.75, 3.05) is 33.4 Å². The second-order valence-corrected chi connectivity index (χ2v) is 9.18. The molecule has 2 aromatic carbocycles. The van der Waals surface area contributed by atoms with E-state index in [9.17, 15) is 4.79 Å². The zero-order valence-electron chi connectivity index (χ0n) is 18.0. The number of carbonyl (C=O) groups excluding carboxylic acids is 1. The summed E-state index contributed by atoms with van der Waals surface area (Å²) in [6, 6.07) is 17.6. The van der Waals surface area contributed by atoms with Gasteiger partial charge in [-0.2, -0.15) is 5.10 Å². The predicted molar refractivity (Wildman–Crippen MR) is 133 cm³/mol. The molecular formula is C24H22N4O3S2. The zero-order chi connectivity index (χ0) is 22.8. The molecule has 1 amide bonds. The molecule has 0 radical (unpaired) electrons. The summed E-state index contributed by atoms with van der Waals surface area (Å²) in [4.78, 5) is 13.8. The molecule has 0 atom stereocenters. The van der Waals surface area contributed by atoms with E-state index in [2.05, 4.69) is 0 Å². The molecule has 2 aliphatic heterocycles. The number of para-hydroxylation sites is 1. The van der Waals surface area contributed by atoms with Crippen LogP contribution in [0.25, 0.3) is 23.0 Å². The summed E-state index contributed by atoms with van der Waals surface area (Å²) >= 11 is 6.85. The molecule has 0 N–H and O–H groups in total. The van der Waals surface area contributed by atoms with E-state index in [1.807, 2.05) is 76.6 Å². The average Bonchev–Trinajstić information content (AvgIpc) is 3.40. The highest BCUT2D eigenvalue weighted by Gasteiger charge is 2.37. The van der Waals surface area contributed by atoms with E-state index in [4.69, 9.17) is 26.8 Å². The van der Waals surface area contributed by atoms with Gasteiger partial charge in [0.05, 0.1) is 36.6 Å². The van der Waals surface area contributed by atoms with Crippen molar-refractivity contribution in [3.8, 4) is 22.7 Å². The van der Waals surface area contributed by atoms with Gasteiger partial charge in [-0.05, 0) is 42.5 Å². The van der Waals surface area contributed by atoms with Crippen molar-refractivity contribution >= 4 is 40.3 Å². The lowest BCUT2D eigenvalue weighted by molar-refractivity contribution is -0.138. The molecule has 9 heteroatoms. The van der Waals surface area contributed by atoms with Crippen molar-refractivity contribution in [2.24, 2.45) is 0 Å². The molecule has 5 rings (SSSR count). The van der Waals surface area contributed by atoms with Crippen LogP contribution < -0.4 is 4.74 Å². The largest absolute Gasteiger partial charge is 0.497 e. The van der Waals surface area contributed by atoms with Crippen LogP contribution in [0.1, 0.15) is 5.56 Å². The number of amides is 1. The van der Waals surface area contributed by atoms with Gasteiger partial charge in [0, 0.05) is 30.4 Å². The Balaban J connectivity index is 1.53. The smallest absolute Gasteiger partial charge is 0.280 e. The minimum absolute atomic E-state index is 0.111. The summed E-state index contributed by atoms with van der Waals surface area (Å²) in [5.74, 6) is 0.661. The van der Waals surface area contributed by atoms with Crippen molar-refractivity contribution in [1.29, 1.82) is 0 Å². The van der Waals surface area contributed by atoms with Gasteiger partial charge >= 0.3 is 0 Å². The number of methoxy groups -OCH3 is 1. The molecule has 0 aliphatic carbocycles. The molecule has 168 valence electrons. The number of hydrogen-bond donors (Lipinski definition) is 0. The first-order valence-corrected chi connectivity index (χ1v) is 11.8. The second-order valence-electron chi connectivity index (χ2n) is 7.50. The molecule has 3 heterocycles. The maximum absolute atomic E-state index is 13.3. The van der Waals surface area contributed by atoms with E-state index < -0.39 is 0 Å². The Hall–Kier alpha value is -2.98. The van der Waals surface area contributed by atoms with Gasteiger partial charge in [-0.3, -0.25) is 4.79 Å². The van der Waals surface area contributed by atoms with Crippen molar-refractivity contribution in [2.45, 2.75) is 0 Å². The van der Waals surface area contributed by atoms with Gasteiger partial charge in [0.15, 0.2) is 4.32 Å². The van der Waals surface area contributed by atoms with Crippen molar-refractivity contribution in [3.63, 3.8) is 0 Å². The number of thiocarbonyl (C=S) groups is 1. The molecule has 33 heavy (non-hydrogen) atoms. The Labute approximate surface area is 201 Å². The highest BCUT2D eigenvalue weighted by Crippen LogP contribution is 2.36. The van der Waals surface area contributed by atoms with E-state index in [0.29, 0.717) is 35.5 Å². The molecular weight excluding hydrogens is 456 g/mol. The molecule has 0 spiro atoms. The topological polar surface area (TPSA) is 59.8 Å². The standard InChI is InChI=1S/C24H22N4O3S2/c1-30-20-9-7-17(8-10-20)22-18(16-27(25-22)19-5-3-2-4-6-19)15-21-23(29)28(24(32)33-21)26-11-13-31-14-12-26/h2-10,15-16H,11-14H2,1H3/b21-15+. The number of morpholine rings is 1. The lowest BCUT2D eigenvalue weighted by Gasteiger charge is -2.33. The average molecular weight is 479 g/mol. The maximum Gasteiger partial charge on any atom is 0.280 e. The first-order valence-electron chi connectivity index (χ1n) is 10.5. The second kappa shape index (κ2) is 9.48. The summed E-state index contributed by atoms with van der Waals surface area (Å²) in [5.41, 5.74) is 3.48. The fraction of sp³-hybridized carbons (Fsp3) is 0.208. The number of aromatic nitrogens is 2. The third kappa shape index (κ3) is 4.45. The minimum Gasteiger partial charge on any atom is -0.497 e. The number of hydrogen-bond acceptors (Lipinski definition) is 7. The number of nitrogens with zero attached hydrogens (tertiary/aromatic N) is 4. The minimum atomic E-state index is -0.111. The van der Waals surface area contributed by atoms with Crippen LogP contribution in [0.3, 0.4) is 0 Å². The van der Waals surface area contributed by atoms with E-state index in [-0.39, 0.29) is 5.91 Å². The van der Waals surface area contributed by atoms with Crippen LogP contribution in [0.5, 0.6) is 5.75 Å². The first-order chi connectivity index (χ1) is 16.1. The highest BCUT2D eigenvalue weighted by molar-refractivity contribution is 8.26. The Morgan fingerprint density at radius 1 is 1.09 bits per heavy atom.